The van der Waals surface area contributed by atoms with Crippen molar-refractivity contribution < 1.29 is 34.1 Å². The molecule has 0 saturated carbocycles. The molecule has 0 saturated heterocycles. The third-order valence-electron chi connectivity index (χ3n) is 3.12. The fraction of sp³-hybridized carbons (Fsp3) is 0.211. The summed E-state index contributed by atoms with van der Waals surface area (Å²) in [7, 11) is 0. The summed E-state index contributed by atoms with van der Waals surface area (Å²) in [6, 6.07) is 18.5. The molecule has 8 nitrogen and oxygen atoms in total. The normalized spacial score (nSPS) is 10.9. The molecule has 2 rings (SSSR count). The molecule has 0 heterocycles. The molecule has 1 unspecified atom stereocenters. The molecule has 0 amide bonds. The zero-order valence-electron chi connectivity index (χ0n) is 14.5. The number of carboxylic acid groups (broad SMARTS) is 2. The van der Waals surface area contributed by atoms with Crippen molar-refractivity contribution in [2.45, 2.75) is 19.3 Å². The second-order valence-electron chi connectivity index (χ2n) is 5.31. The van der Waals surface area contributed by atoms with Gasteiger partial charge in [0.1, 0.15) is 12.6 Å². The van der Waals surface area contributed by atoms with Crippen molar-refractivity contribution in [2.24, 2.45) is 5.73 Å². The molecule has 0 aliphatic rings. The number of benzene rings is 2. The van der Waals surface area contributed by atoms with E-state index < -0.39 is 23.9 Å². The first-order valence-electron chi connectivity index (χ1n) is 7.94. The van der Waals surface area contributed by atoms with E-state index in [0.29, 0.717) is 6.61 Å². The lowest BCUT2D eigenvalue weighted by Crippen LogP contribution is -2.36. The number of nitrogens with two attached hydrogens (primary N) is 1. The van der Waals surface area contributed by atoms with Gasteiger partial charge >= 0.3 is 17.9 Å². The third kappa shape index (κ3) is 9.73. The molecule has 27 heavy (non-hydrogen) atoms. The third-order valence-corrected chi connectivity index (χ3v) is 3.12. The molecular weight excluding hydrogens is 354 g/mol. The maximum absolute atomic E-state index is 11.7. The van der Waals surface area contributed by atoms with Crippen molar-refractivity contribution in [1.82, 2.24) is 0 Å². The second-order valence-corrected chi connectivity index (χ2v) is 5.31. The molecular formula is C19H21NO7. The molecule has 0 bridgehead atoms. The van der Waals surface area contributed by atoms with E-state index >= 15 is 0 Å². The van der Waals surface area contributed by atoms with Gasteiger partial charge in [0.15, 0.2) is 0 Å². The fourth-order valence-electron chi connectivity index (χ4n) is 1.78. The van der Waals surface area contributed by atoms with E-state index in [1.807, 2.05) is 60.7 Å². The largest absolute Gasteiger partial charge is 0.473 e. The average Bonchev–Trinajstić information content (AvgIpc) is 2.68. The topological polar surface area (TPSA) is 136 Å². The summed E-state index contributed by atoms with van der Waals surface area (Å²) in [5.74, 6) is -4.10. The molecule has 0 aliphatic heterocycles. The number of aliphatic carboxylic acids is 2. The lowest BCUT2D eigenvalue weighted by Gasteiger charge is -2.12. The number of carbonyl (C=O) groups is 3. The van der Waals surface area contributed by atoms with Crippen LogP contribution in [0.2, 0.25) is 0 Å². The Balaban J connectivity index is 0.000000527. The minimum Gasteiger partial charge on any atom is -0.473 e. The van der Waals surface area contributed by atoms with Gasteiger partial charge in [-0.25, -0.2) is 9.59 Å². The summed E-state index contributed by atoms with van der Waals surface area (Å²) in [6.45, 7) is 0.801. The fourth-order valence-corrected chi connectivity index (χ4v) is 1.78. The maximum Gasteiger partial charge on any atom is 0.414 e. The van der Waals surface area contributed by atoms with Gasteiger partial charge in [-0.05, 0) is 11.1 Å². The summed E-state index contributed by atoms with van der Waals surface area (Å²) >= 11 is 0. The predicted molar refractivity (Wildman–Crippen MR) is 95.6 cm³/mol. The number of esters is 1. The highest BCUT2D eigenvalue weighted by Crippen LogP contribution is 2.03. The highest BCUT2D eigenvalue weighted by molar-refractivity contribution is 6.27. The number of rotatable bonds is 7. The van der Waals surface area contributed by atoms with Crippen LogP contribution in [0.1, 0.15) is 11.1 Å². The lowest BCUT2D eigenvalue weighted by molar-refractivity contribution is -0.159. The number of hydrogen-bond donors (Lipinski definition) is 3. The van der Waals surface area contributed by atoms with Crippen molar-refractivity contribution in [2.75, 3.05) is 6.61 Å². The average molecular weight is 375 g/mol. The van der Waals surface area contributed by atoms with Crippen LogP contribution in [0.4, 0.5) is 0 Å². The Labute approximate surface area is 156 Å². The van der Waals surface area contributed by atoms with E-state index in [1.165, 1.54) is 0 Å². The molecule has 4 N–H and O–H groups in total. The molecule has 0 aromatic heterocycles. The van der Waals surface area contributed by atoms with Crippen LogP contribution in [0.3, 0.4) is 0 Å². The van der Waals surface area contributed by atoms with Crippen molar-refractivity contribution in [3.05, 3.63) is 71.8 Å². The van der Waals surface area contributed by atoms with Gasteiger partial charge in [0.05, 0.1) is 13.2 Å². The van der Waals surface area contributed by atoms with Crippen LogP contribution in [-0.4, -0.2) is 40.8 Å². The van der Waals surface area contributed by atoms with Crippen molar-refractivity contribution >= 4 is 17.9 Å². The van der Waals surface area contributed by atoms with Gasteiger partial charge in [0.2, 0.25) is 0 Å². The molecule has 144 valence electrons. The van der Waals surface area contributed by atoms with Gasteiger partial charge in [-0.3, -0.25) is 4.79 Å². The summed E-state index contributed by atoms with van der Waals surface area (Å²) < 4.78 is 10.6. The number of ether oxygens (including phenoxy) is 2. The highest BCUT2D eigenvalue weighted by Gasteiger charge is 2.15. The minimum atomic E-state index is -1.82. The summed E-state index contributed by atoms with van der Waals surface area (Å²) in [5.41, 5.74) is 7.72. The molecule has 0 fully saturated rings. The van der Waals surface area contributed by atoms with Crippen molar-refractivity contribution in [3.63, 3.8) is 0 Å². The molecule has 2 aromatic carbocycles. The highest BCUT2D eigenvalue weighted by atomic mass is 16.5. The molecule has 2 aromatic rings. The first-order chi connectivity index (χ1) is 12.9. The minimum absolute atomic E-state index is 0.141. The maximum atomic E-state index is 11.7. The SMILES string of the molecule is NC(COCc1ccccc1)C(=O)OCc1ccccc1.O=C(O)C(=O)O. The quantitative estimate of drug-likeness (QED) is 0.488. The Bertz CT molecular complexity index is 707. The molecule has 0 radical (unpaired) electrons. The van der Waals surface area contributed by atoms with E-state index in [2.05, 4.69) is 0 Å². The summed E-state index contributed by atoms with van der Waals surface area (Å²) in [4.78, 5) is 29.9. The Morgan fingerprint density at radius 3 is 1.70 bits per heavy atom. The van der Waals surface area contributed by atoms with Crippen LogP contribution < -0.4 is 5.73 Å². The van der Waals surface area contributed by atoms with Crippen LogP contribution in [-0.2, 0) is 37.1 Å². The monoisotopic (exact) mass is 375 g/mol. The van der Waals surface area contributed by atoms with Gasteiger partial charge in [-0.15, -0.1) is 0 Å². The first-order valence-corrected chi connectivity index (χ1v) is 7.94. The van der Waals surface area contributed by atoms with Crippen molar-refractivity contribution in [1.29, 1.82) is 0 Å². The van der Waals surface area contributed by atoms with Crippen LogP contribution in [0, 0.1) is 0 Å². The Morgan fingerprint density at radius 2 is 1.26 bits per heavy atom. The molecule has 8 heteroatoms. The molecule has 0 spiro atoms. The van der Waals surface area contributed by atoms with Gasteiger partial charge < -0.3 is 25.4 Å². The summed E-state index contributed by atoms with van der Waals surface area (Å²) in [5, 5.41) is 14.8. The molecule has 0 aliphatic carbocycles. The van der Waals surface area contributed by atoms with Gasteiger partial charge in [-0.2, -0.15) is 0 Å². The Morgan fingerprint density at radius 1 is 0.815 bits per heavy atom. The second kappa shape index (κ2) is 12.2. The predicted octanol–water partition coefficient (Wildman–Crippen LogP) is 1.43. The van der Waals surface area contributed by atoms with Crippen LogP contribution in [0.15, 0.2) is 60.7 Å². The Kier molecular flexibility index (Phi) is 9.84. The van der Waals surface area contributed by atoms with E-state index in [-0.39, 0.29) is 13.2 Å². The van der Waals surface area contributed by atoms with E-state index in [0.717, 1.165) is 11.1 Å². The van der Waals surface area contributed by atoms with Gasteiger partial charge in [-0.1, -0.05) is 60.7 Å². The van der Waals surface area contributed by atoms with Gasteiger partial charge in [0, 0.05) is 0 Å². The number of hydrogen-bond acceptors (Lipinski definition) is 6. The van der Waals surface area contributed by atoms with E-state index in [1.54, 1.807) is 0 Å². The number of carboxylic acids is 2. The van der Waals surface area contributed by atoms with Crippen molar-refractivity contribution in [3.8, 4) is 0 Å². The van der Waals surface area contributed by atoms with Crippen LogP contribution in [0.25, 0.3) is 0 Å². The standard InChI is InChI=1S/C17H19NO3.C2H2O4/c18-16(13-20-11-14-7-3-1-4-8-14)17(19)21-12-15-9-5-2-6-10-15;3-1(4)2(5)6/h1-10,16H,11-13,18H2;(H,3,4)(H,5,6). The van der Waals surface area contributed by atoms with E-state index in [4.69, 9.17) is 35.0 Å². The van der Waals surface area contributed by atoms with Crippen LogP contribution in [0.5, 0.6) is 0 Å². The molecule has 1 atom stereocenters. The summed E-state index contributed by atoms with van der Waals surface area (Å²) in [6.07, 6.45) is 0. The zero-order valence-corrected chi connectivity index (χ0v) is 14.5. The van der Waals surface area contributed by atoms with E-state index in [9.17, 15) is 4.79 Å². The zero-order chi connectivity index (χ0) is 20.1. The number of carbonyl (C=O) groups excluding carboxylic acids is 1. The Hall–Kier alpha value is -3.23. The smallest absolute Gasteiger partial charge is 0.414 e. The lowest BCUT2D eigenvalue weighted by atomic mass is 10.2. The van der Waals surface area contributed by atoms with Gasteiger partial charge in [0.25, 0.3) is 0 Å². The van der Waals surface area contributed by atoms with Crippen LogP contribution >= 0.6 is 0 Å². The first kappa shape index (κ1) is 21.8.